The molecule has 1 aliphatic carbocycles. The molecule has 3 N–H and O–H groups in total. The molecule has 26 heavy (non-hydrogen) atoms. The molecule has 1 fully saturated rings. The number of carboxylic acid groups (broad SMARTS) is 2. The molecule has 150 valence electrons. The lowest BCUT2D eigenvalue weighted by Crippen LogP contribution is -2.57. The highest BCUT2D eigenvalue weighted by Gasteiger charge is 2.35. The van der Waals surface area contributed by atoms with E-state index >= 15 is 0 Å². The van der Waals surface area contributed by atoms with Gasteiger partial charge in [0.05, 0.1) is 19.6 Å². The second-order valence-corrected chi connectivity index (χ2v) is 6.88. The molecule has 8 heteroatoms. The molecule has 0 radical (unpaired) electrons. The predicted molar refractivity (Wildman–Crippen MR) is 98.1 cm³/mol. The lowest BCUT2D eigenvalue weighted by atomic mass is 9.87. The van der Waals surface area contributed by atoms with Crippen LogP contribution in [0.4, 0.5) is 0 Å². The molecule has 0 aromatic heterocycles. The van der Waals surface area contributed by atoms with E-state index in [1.807, 2.05) is 18.7 Å². The number of carbonyl (C=O) groups is 3. The lowest BCUT2D eigenvalue weighted by molar-refractivity contribution is -0.143. The van der Waals surface area contributed by atoms with E-state index in [-0.39, 0.29) is 37.6 Å². The molecule has 0 aromatic rings. The van der Waals surface area contributed by atoms with Crippen molar-refractivity contribution >= 4 is 17.8 Å². The standard InChI is InChI=1S/C18H33N3O5/c1-3-5-10-19-16(22)11-21(13-18(25)26)15-9-7-6-8-14(15)20(4-2)12-17(23)24/h14-15H,3-13H2,1-2H3,(H,19,22)(H,23,24)(H,25,26). The topological polar surface area (TPSA) is 110 Å². The van der Waals surface area contributed by atoms with Crippen LogP contribution in [0.25, 0.3) is 0 Å². The smallest absolute Gasteiger partial charge is 0.317 e. The van der Waals surface area contributed by atoms with Crippen LogP contribution in [0.1, 0.15) is 52.4 Å². The van der Waals surface area contributed by atoms with E-state index in [0.29, 0.717) is 13.1 Å². The fraction of sp³-hybridized carbons (Fsp3) is 0.833. The van der Waals surface area contributed by atoms with Gasteiger partial charge in [-0.05, 0) is 25.8 Å². The molecule has 0 aliphatic heterocycles. The first kappa shape index (κ1) is 22.4. The predicted octanol–water partition coefficient (Wildman–Crippen LogP) is 1.01. The SMILES string of the molecule is CCCCNC(=O)CN(CC(=O)O)C1CCCCC1N(CC)CC(=O)O. The van der Waals surface area contributed by atoms with Crippen molar-refractivity contribution in [2.75, 3.05) is 32.7 Å². The highest BCUT2D eigenvalue weighted by Crippen LogP contribution is 2.27. The fourth-order valence-corrected chi connectivity index (χ4v) is 3.69. The van der Waals surface area contributed by atoms with Crippen LogP contribution in [0.5, 0.6) is 0 Å². The van der Waals surface area contributed by atoms with Crippen molar-refractivity contribution in [3.63, 3.8) is 0 Å². The normalized spacial score (nSPS) is 20.3. The van der Waals surface area contributed by atoms with E-state index in [9.17, 15) is 19.5 Å². The molecule has 1 rings (SSSR count). The highest BCUT2D eigenvalue weighted by atomic mass is 16.4. The minimum Gasteiger partial charge on any atom is -0.480 e. The highest BCUT2D eigenvalue weighted by molar-refractivity contribution is 5.79. The van der Waals surface area contributed by atoms with E-state index in [2.05, 4.69) is 5.32 Å². The zero-order valence-corrected chi connectivity index (χ0v) is 15.9. The quantitative estimate of drug-likeness (QED) is 0.439. The number of amides is 1. The Morgan fingerprint density at radius 1 is 0.923 bits per heavy atom. The average molecular weight is 371 g/mol. The average Bonchev–Trinajstić information content (AvgIpc) is 2.59. The number of aliphatic carboxylic acids is 2. The van der Waals surface area contributed by atoms with E-state index < -0.39 is 11.9 Å². The number of carbonyl (C=O) groups excluding carboxylic acids is 1. The molecule has 0 bridgehead atoms. The first-order valence-electron chi connectivity index (χ1n) is 9.57. The van der Waals surface area contributed by atoms with Crippen molar-refractivity contribution in [3.05, 3.63) is 0 Å². The van der Waals surface area contributed by atoms with Gasteiger partial charge in [0.15, 0.2) is 0 Å². The van der Waals surface area contributed by atoms with E-state index in [0.717, 1.165) is 38.5 Å². The fourth-order valence-electron chi connectivity index (χ4n) is 3.69. The Labute approximate surface area is 155 Å². The number of nitrogens with one attached hydrogen (secondary N) is 1. The zero-order valence-electron chi connectivity index (χ0n) is 15.9. The van der Waals surface area contributed by atoms with Crippen molar-refractivity contribution in [3.8, 4) is 0 Å². The Morgan fingerprint density at radius 3 is 1.96 bits per heavy atom. The monoisotopic (exact) mass is 371 g/mol. The van der Waals surface area contributed by atoms with Crippen molar-refractivity contribution in [1.29, 1.82) is 0 Å². The third kappa shape index (κ3) is 7.70. The number of hydrogen-bond acceptors (Lipinski definition) is 5. The summed E-state index contributed by atoms with van der Waals surface area (Å²) in [6.45, 7) is 4.86. The maximum Gasteiger partial charge on any atom is 0.317 e. The Morgan fingerprint density at radius 2 is 1.46 bits per heavy atom. The van der Waals surface area contributed by atoms with Crippen molar-refractivity contribution in [2.45, 2.75) is 64.5 Å². The van der Waals surface area contributed by atoms with Crippen LogP contribution in [0.2, 0.25) is 0 Å². The minimum atomic E-state index is -0.975. The number of likely N-dealkylation sites (N-methyl/N-ethyl adjacent to an activating group) is 1. The van der Waals surface area contributed by atoms with Crippen LogP contribution in [0.3, 0.4) is 0 Å². The summed E-state index contributed by atoms with van der Waals surface area (Å²) in [5, 5.41) is 21.3. The van der Waals surface area contributed by atoms with E-state index in [4.69, 9.17) is 5.11 Å². The van der Waals surface area contributed by atoms with Crippen LogP contribution < -0.4 is 5.32 Å². The van der Waals surface area contributed by atoms with Gasteiger partial charge in [-0.1, -0.05) is 33.1 Å². The maximum absolute atomic E-state index is 12.2. The third-order valence-electron chi connectivity index (χ3n) is 4.91. The van der Waals surface area contributed by atoms with Gasteiger partial charge >= 0.3 is 11.9 Å². The van der Waals surface area contributed by atoms with Gasteiger partial charge < -0.3 is 15.5 Å². The van der Waals surface area contributed by atoms with Gasteiger partial charge in [0, 0.05) is 18.6 Å². The molecular weight excluding hydrogens is 338 g/mol. The number of nitrogens with zero attached hydrogens (tertiary/aromatic N) is 2. The molecule has 1 amide bonds. The molecule has 0 heterocycles. The molecule has 1 saturated carbocycles. The number of hydrogen-bond donors (Lipinski definition) is 3. The van der Waals surface area contributed by atoms with Crippen LogP contribution in [0.15, 0.2) is 0 Å². The summed E-state index contributed by atoms with van der Waals surface area (Å²) in [7, 11) is 0. The van der Waals surface area contributed by atoms with Crippen LogP contribution in [0, 0.1) is 0 Å². The summed E-state index contributed by atoms with van der Waals surface area (Å²) in [6, 6.07) is -0.177. The van der Waals surface area contributed by atoms with Gasteiger partial charge in [0.2, 0.25) is 5.91 Å². The lowest BCUT2D eigenvalue weighted by Gasteiger charge is -2.43. The molecule has 0 saturated heterocycles. The summed E-state index contributed by atoms with van der Waals surface area (Å²) in [6.07, 6.45) is 5.40. The summed E-state index contributed by atoms with van der Waals surface area (Å²) in [5.41, 5.74) is 0. The first-order valence-corrected chi connectivity index (χ1v) is 9.57. The Hall–Kier alpha value is -1.67. The molecule has 8 nitrogen and oxygen atoms in total. The Kier molecular flexibility index (Phi) is 10.2. The molecule has 1 aliphatic rings. The van der Waals surface area contributed by atoms with Crippen LogP contribution in [-0.4, -0.2) is 82.7 Å². The van der Waals surface area contributed by atoms with E-state index in [1.165, 1.54) is 0 Å². The molecule has 0 spiro atoms. The summed E-state index contributed by atoms with van der Waals surface area (Å²) >= 11 is 0. The van der Waals surface area contributed by atoms with Gasteiger partial charge in [-0.2, -0.15) is 0 Å². The van der Waals surface area contributed by atoms with Gasteiger partial charge in [0.1, 0.15) is 0 Å². The van der Waals surface area contributed by atoms with Crippen molar-refractivity contribution < 1.29 is 24.6 Å². The molecule has 0 aromatic carbocycles. The van der Waals surface area contributed by atoms with Crippen molar-refractivity contribution in [1.82, 2.24) is 15.1 Å². The van der Waals surface area contributed by atoms with Crippen LogP contribution >= 0.6 is 0 Å². The number of unbranched alkanes of at least 4 members (excludes halogenated alkanes) is 1. The summed E-state index contributed by atoms with van der Waals surface area (Å²) in [5.74, 6) is -2.04. The Bertz CT molecular complexity index is 472. The van der Waals surface area contributed by atoms with Crippen LogP contribution in [-0.2, 0) is 14.4 Å². The van der Waals surface area contributed by atoms with Gasteiger partial charge in [-0.25, -0.2) is 0 Å². The van der Waals surface area contributed by atoms with Gasteiger partial charge in [0.25, 0.3) is 0 Å². The largest absolute Gasteiger partial charge is 0.480 e. The third-order valence-corrected chi connectivity index (χ3v) is 4.91. The second kappa shape index (κ2) is 11.9. The molecule has 2 atom stereocenters. The van der Waals surface area contributed by atoms with Crippen molar-refractivity contribution in [2.24, 2.45) is 0 Å². The number of carboxylic acids is 2. The number of rotatable bonds is 12. The zero-order chi connectivity index (χ0) is 19.5. The van der Waals surface area contributed by atoms with Gasteiger partial charge in [-0.3, -0.25) is 24.2 Å². The first-order chi connectivity index (χ1) is 12.4. The van der Waals surface area contributed by atoms with Gasteiger partial charge in [-0.15, -0.1) is 0 Å². The minimum absolute atomic E-state index is 0.0296. The summed E-state index contributed by atoms with van der Waals surface area (Å²) in [4.78, 5) is 38.3. The molecular formula is C18H33N3O5. The molecule has 2 unspecified atom stereocenters. The second-order valence-electron chi connectivity index (χ2n) is 6.88. The van der Waals surface area contributed by atoms with E-state index in [1.54, 1.807) is 4.90 Å². The Balaban J connectivity index is 2.87. The maximum atomic E-state index is 12.2. The summed E-state index contributed by atoms with van der Waals surface area (Å²) < 4.78 is 0.